The predicted octanol–water partition coefficient (Wildman–Crippen LogP) is 2.69. The van der Waals surface area contributed by atoms with Crippen LogP contribution < -0.4 is 19.7 Å². The first-order valence-electron chi connectivity index (χ1n) is 11.8. The zero-order valence-electron chi connectivity index (χ0n) is 20.1. The molecule has 34 heavy (non-hydrogen) atoms. The fourth-order valence-electron chi connectivity index (χ4n) is 3.73. The minimum atomic E-state index is -0.330. The van der Waals surface area contributed by atoms with Gasteiger partial charge >= 0.3 is 0 Å². The summed E-state index contributed by atoms with van der Waals surface area (Å²) in [5, 5.41) is 2.86. The number of Topliss-reactive ketones (excluding diaryl/α,β-unsaturated/α-hetero) is 1. The number of benzene rings is 2. The molecule has 2 amide bonds. The van der Waals surface area contributed by atoms with Crippen LogP contribution in [-0.2, 0) is 16.0 Å². The number of anilines is 1. The van der Waals surface area contributed by atoms with Gasteiger partial charge in [0.1, 0.15) is 18.0 Å². The van der Waals surface area contributed by atoms with Gasteiger partial charge in [0, 0.05) is 18.7 Å². The molecular formula is C26H33N3O5. The second kappa shape index (κ2) is 12.2. The Labute approximate surface area is 200 Å². The monoisotopic (exact) mass is 467 g/mol. The summed E-state index contributed by atoms with van der Waals surface area (Å²) in [6, 6.07) is 12.5. The van der Waals surface area contributed by atoms with Gasteiger partial charge in [-0.15, -0.1) is 0 Å². The van der Waals surface area contributed by atoms with Crippen molar-refractivity contribution in [1.82, 2.24) is 10.2 Å². The number of ketones is 1. The normalized spacial score (nSPS) is 12.8. The molecule has 0 bridgehead atoms. The molecule has 0 unspecified atom stereocenters. The summed E-state index contributed by atoms with van der Waals surface area (Å²) < 4.78 is 11.2. The number of amides is 2. The summed E-state index contributed by atoms with van der Waals surface area (Å²) in [6.45, 7) is 8.84. The number of fused-ring (bicyclic) bond motifs is 1. The first kappa shape index (κ1) is 25.2. The van der Waals surface area contributed by atoms with Crippen LogP contribution in [0, 0.1) is 0 Å². The molecule has 0 aliphatic carbocycles. The van der Waals surface area contributed by atoms with Crippen molar-refractivity contribution in [3.8, 4) is 11.5 Å². The van der Waals surface area contributed by atoms with Gasteiger partial charge in [0.15, 0.2) is 19.0 Å². The molecule has 0 atom stereocenters. The summed E-state index contributed by atoms with van der Waals surface area (Å²) in [4.78, 5) is 41.4. The number of carbonyl (C=O) groups is 3. The lowest BCUT2D eigenvalue weighted by Gasteiger charge is -2.29. The molecule has 1 N–H and O–H groups in total. The van der Waals surface area contributed by atoms with Gasteiger partial charge in [-0.25, -0.2) is 0 Å². The maximum absolute atomic E-state index is 12.8. The zero-order chi connectivity index (χ0) is 24.5. The minimum absolute atomic E-state index is 0.132. The molecule has 1 aliphatic heterocycles. The van der Waals surface area contributed by atoms with Crippen LogP contribution >= 0.6 is 0 Å². The Bertz CT molecular complexity index is 1020. The molecule has 8 heteroatoms. The Morgan fingerprint density at radius 1 is 1.12 bits per heavy atom. The Hall–Kier alpha value is -3.39. The van der Waals surface area contributed by atoms with Crippen LogP contribution in [0.1, 0.15) is 36.7 Å². The SMILES string of the molecule is CCc1cccc(OCC(=O)c2ccc3c(c2)N(CC(=O)NCCN(CC)CC)C(=O)CO3)c1. The number of carbonyl (C=O) groups excluding carboxylic acids is 3. The highest BCUT2D eigenvalue weighted by molar-refractivity contribution is 6.04. The van der Waals surface area contributed by atoms with E-state index in [-0.39, 0.29) is 37.4 Å². The maximum atomic E-state index is 12.8. The summed E-state index contributed by atoms with van der Waals surface area (Å²) >= 11 is 0. The Balaban J connectivity index is 1.65. The van der Waals surface area contributed by atoms with Crippen LogP contribution in [0.3, 0.4) is 0 Å². The van der Waals surface area contributed by atoms with Crippen molar-refractivity contribution >= 4 is 23.3 Å². The molecule has 3 rings (SSSR count). The topological polar surface area (TPSA) is 88.2 Å². The summed E-state index contributed by atoms with van der Waals surface area (Å²) in [7, 11) is 0. The third-order valence-corrected chi connectivity index (χ3v) is 5.85. The summed E-state index contributed by atoms with van der Waals surface area (Å²) in [5.74, 6) is 0.273. The molecule has 1 aliphatic rings. The molecule has 8 nitrogen and oxygen atoms in total. The number of rotatable bonds is 12. The van der Waals surface area contributed by atoms with Crippen molar-refractivity contribution in [2.75, 3.05) is 50.8 Å². The van der Waals surface area contributed by atoms with Crippen molar-refractivity contribution in [2.24, 2.45) is 0 Å². The van der Waals surface area contributed by atoms with E-state index in [2.05, 4.69) is 31.0 Å². The van der Waals surface area contributed by atoms with Crippen LogP contribution in [0.5, 0.6) is 11.5 Å². The standard InChI is InChI=1S/C26H33N3O5/c1-4-19-8-7-9-21(14-19)33-17-23(30)20-10-11-24-22(15-20)29(26(32)18-34-24)16-25(31)27-12-13-28(5-2)6-3/h7-11,14-15H,4-6,12-13,16-18H2,1-3H3,(H,27,31). The van der Waals surface area contributed by atoms with Gasteiger partial charge in [-0.3, -0.25) is 19.3 Å². The lowest BCUT2D eigenvalue weighted by atomic mass is 10.1. The molecular weight excluding hydrogens is 434 g/mol. The van der Waals surface area contributed by atoms with Crippen LogP contribution in [0.25, 0.3) is 0 Å². The molecule has 1 heterocycles. The van der Waals surface area contributed by atoms with Crippen molar-refractivity contribution in [1.29, 1.82) is 0 Å². The van der Waals surface area contributed by atoms with E-state index in [9.17, 15) is 14.4 Å². The van der Waals surface area contributed by atoms with Crippen LogP contribution in [-0.4, -0.2) is 68.4 Å². The third-order valence-electron chi connectivity index (χ3n) is 5.85. The number of nitrogens with one attached hydrogen (secondary N) is 1. The number of ether oxygens (including phenoxy) is 2. The first-order chi connectivity index (χ1) is 16.4. The fraction of sp³-hybridized carbons (Fsp3) is 0.423. The van der Waals surface area contributed by atoms with Gasteiger partial charge < -0.3 is 19.7 Å². The van der Waals surface area contributed by atoms with Gasteiger partial charge in [-0.1, -0.05) is 32.9 Å². The Morgan fingerprint density at radius 2 is 1.91 bits per heavy atom. The van der Waals surface area contributed by atoms with Crippen LogP contribution in [0.2, 0.25) is 0 Å². The molecule has 0 fully saturated rings. The number of hydrogen-bond acceptors (Lipinski definition) is 6. The van der Waals surface area contributed by atoms with Gasteiger partial charge in [-0.2, -0.15) is 0 Å². The highest BCUT2D eigenvalue weighted by atomic mass is 16.5. The number of hydrogen-bond donors (Lipinski definition) is 1. The van der Waals surface area contributed by atoms with E-state index in [1.807, 2.05) is 24.3 Å². The second-order valence-corrected chi connectivity index (χ2v) is 8.04. The average Bonchev–Trinajstić information content (AvgIpc) is 2.86. The van der Waals surface area contributed by atoms with Crippen molar-refractivity contribution < 1.29 is 23.9 Å². The third kappa shape index (κ3) is 6.57. The number of likely N-dealkylation sites (N-methyl/N-ethyl adjacent to an activating group) is 1. The number of aryl methyl sites for hydroxylation is 1. The highest BCUT2D eigenvalue weighted by Crippen LogP contribution is 2.33. The van der Waals surface area contributed by atoms with E-state index in [4.69, 9.17) is 9.47 Å². The second-order valence-electron chi connectivity index (χ2n) is 8.04. The van der Waals surface area contributed by atoms with E-state index in [1.165, 1.54) is 4.90 Å². The number of nitrogens with zero attached hydrogens (tertiary/aromatic N) is 2. The van der Waals surface area contributed by atoms with Gasteiger partial charge in [0.05, 0.1) is 5.69 Å². The van der Waals surface area contributed by atoms with Gasteiger partial charge in [0.2, 0.25) is 5.91 Å². The quantitative estimate of drug-likeness (QED) is 0.483. The van der Waals surface area contributed by atoms with E-state index in [0.29, 0.717) is 29.3 Å². The van der Waals surface area contributed by atoms with E-state index in [0.717, 1.165) is 31.6 Å². The Kier molecular flexibility index (Phi) is 9.04. The van der Waals surface area contributed by atoms with Gasteiger partial charge in [0.25, 0.3) is 5.91 Å². The maximum Gasteiger partial charge on any atom is 0.265 e. The fourth-order valence-corrected chi connectivity index (χ4v) is 3.73. The van der Waals surface area contributed by atoms with Crippen molar-refractivity contribution in [3.63, 3.8) is 0 Å². The van der Waals surface area contributed by atoms with E-state index in [1.54, 1.807) is 18.2 Å². The highest BCUT2D eigenvalue weighted by Gasteiger charge is 2.28. The van der Waals surface area contributed by atoms with Crippen molar-refractivity contribution in [2.45, 2.75) is 27.2 Å². The molecule has 0 saturated carbocycles. The zero-order valence-corrected chi connectivity index (χ0v) is 20.1. The first-order valence-corrected chi connectivity index (χ1v) is 11.8. The van der Waals surface area contributed by atoms with E-state index < -0.39 is 0 Å². The summed E-state index contributed by atoms with van der Waals surface area (Å²) in [6.07, 6.45) is 0.878. The molecule has 2 aromatic rings. The van der Waals surface area contributed by atoms with Crippen LogP contribution in [0.4, 0.5) is 5.69 Å². The largest absolute Gasteiger partial charge is 0.485 e. The molecule has 0 aromatic heterocycles. The average molecular weight is 468 g/mol. The van der Waals surface area contributed by atoms with Crippen molar-refractivity contribution in [3.05, 3.63) is 53.6 Å². The lowest BCUT2D eigenvalue weighted by Crippen LogP contribution is -2.46. The molecule has 0 saturated heterocycles. The van der Waals surface area contributed by atoms with E-state index >= 15 is 0 Å². The molecule has 0 spiro atoms. The molecule has 0 radical (unpaired) electrons. The predicted molar refractivity (Wildman–Crippen MR) is 131 cm³/mol. The van der Waals surface area contributed by atoms with Gasteiger partial charge in [-0.05, 0) is 55.4 Å². The van der Waals surface area contributed by atoms with Crippen LogP contribution in [0.15, 0.2) is 42.5 Å². The molecule has 2 aromatic carbocycles. The smallest absolute Gasteiger partial charge is 0.265 e. The molecule has 182 valence electrons. The minimum Gasteiger partial charge on any atom is -0.485 e. The summed E-state index contributed by atoms with van der Waals surface area (Å²) in [5.41, 5.74) is 1.92. The lowest BCUT2D eigenvalue weighted by molar-refractivity contribution is -0.125. The Morgan fingerprint density at radius 3 is 2.65 bits per heavy atom.